The number of aldehydes is 1. The second kappa shape index (κ2) is 15.8. The molecule has 0 saturated heterocycles. The summed E-state index contributed by atoms with van der Waals surface area (Å²) < 4.78 is 11.0. The Balaban J connectivity index is 3.88. The van der Waals surface area contributed by atoms with Gasteiger partial charge in [-0.2, -0.15) is 17.0 Å². The van der Waals surface area contributed by atoms with Gasteiger partial charge in [-0.25, -0.2) is 0 Å². The second-order valence-electron chi connectivity index (χ2n) is 4.81. The Kier molecular flexibility index (Phi) is 15.4. The lowest BCUT2D eigenvalue weighted by atomic mass is 10.1. The van der Waals surface area contributed by atoms with E-state index < -0.39 is 0 Å². The van der Waals surface area contributed by atoms with Crippen LogP contribution in [0.25, 0.3) is 0 Å². The molecule has 0 saturated carbocycles. The van der Waals surface area contributed by atoms with Crippen molar-refractivity contribution >= 4 is 18.0 Å². The molecule has 1 atom stereocenters. The van der Waals surface area contributed by atoms with Gasteiger partial charge in [0.15, 0.2) is 6.29 Å². The Morgan fingerprint density at radius 2 is 1.81 bits per heavy atom. The summed E-state index contributed by atoms with van der Waals surface area (Å²) in [5, 5.41) is 8.82. The van der Waals surface area contributed by atoms with Crippen molar-refractivity contribution in [3.05, 3.63) is 0 Å². The van der Waals surface area contributed by atoms with Gasteiger partial charge in [0.05, 0.1) is 6.07 Å². The van der Waals surface area contributed by atoms with Crippen molar-refractivity contribution in [2.24, 2.45) is 0 Å². The zero-order valence-electron chi connectivity index (χ0n) is 13.4. The van der Waals surface area contributed by atoms with Crippen LogP contribution in [0, 0.1) is 11.3 Å². The maximum Gasteiger partial charge on any atom is 0.166 e. The van der Waals surface area contributed by atoms with Crippen molar-refractivity contribution in [2.45, 2.75) is 70.3 Å². The number of carbonyl (C=O) groups is 1. The number of nitriles is 1. The molecule has 0 bridgehead atoms. The van der Waals surface area contributed by atoms with E-state index in [4.69, 9.17) is 14.7 Å². The minimum atomic E-state index is -0.171. The molecule has 0 radical (unpaired) electrons. The van der Waals surface area contributed by atoms with Crippen LogP contribution in [0.2, 0.25) is 0 Å². The third-order valence-corrected chi connectivity index (χ3v) is 4.46. The fourth-order valence-electron chi connectivity index (χ4n) is 2.04. The van der Waals surface area contributed by atoms with Crippen LogP contribution >= 0.6 is 11.8 Å². The predicted octanol–water partition coefficient (Wildman–Crippen LogP) is 3.94. The fourth-order valence-corrected chi connectivity index (χ4v) is 3.21. The average Bonchev–Trinajstić information content (AvgIpc) is 2.48. The summed E-state index contributed by atoms with van der Waals surface area (Å²) in [6.45, 7) is 5.20. The van der Waals surface area contributed by atoms with Gasteiger partial charge in [0, 0.05) is 37.1 Å². The molecule has 0 fully saturated rings. The van der Waals surface area contributed by atoms with E-state index >= 15 is 0 Å². The molecule has 0 spiro atoms. The molecule has 0 N–H and O–H groups in total. The molecule has 0 heterocycles. The standard InChI is InChI=1S/C16H29NO3S/c1-3-19-16(20-4-2)14-21-15(11-13-18)10-8-6-5-7-9-12-17/h13,15-16H,3-11,14H2,1-2H3. The molecule has 0 rings (SSSR count). The molecule has 0 aromatic rings. The van der Waals surface area contributed by atoms with Crippen LogP contribution in [-0.4, -0.2) is 36.8 Å². The first-order chi connectivity index (χ1) is 10.3. The summed E-state index contributed by atoms with van der Waals surface area (Å²) in [5.41, 5.74) is 0. The zero-order valence-corrected chi connectivity index (χ0v) is 14.2. The predicted molar refractivity (Wildman–Crippen MR) is 87.3 cm³/mol. The monoisotopic (exact) mass is 315 g/mol. The highest BCUT2D eigenvalue weighted by molar-refractivity contribution is 7.99. The fraction of sp³-hybridized carbons (Fsp3) is 0.875. The number of ether oxygens (including phenoxy) is 2. The Labute approximate surface area is 133 Å². The van der Waals surface area contributed by atoms with Crippen molar-refractivity contribution in [2.75, 3.05) is 19.0 Å². The van der Waals surface area contributed by atoms with Gasteiger partial charge < -0.3 is 14.3 Å². The Hall–Kier alpha value is -0.570. The molecule has 122 valence electrons. The normalized spacial score (nSPS) is 12.3. The zero-order chi connectivity index (χ0) is 15.8. The van der Waals surface area contributed by atoms with E-state index in [2.05, 4.69) is 6.07 Å². The third-order valence-electron chi connectivity index (χ3n) is 3.10. The lowest BCUT2D eigenvalue weighted by molar-refractivity contribution is -0.120. The van der Waals surface area contributed by atoms with Crippen LogP contribution in [0.5, 0.6) is 0 Å². The quantitative estimate of drug-likeness (QED) is 0.260. The van der Waals surface area contributed by atoms with Crippen molar-refractivity contribution in [3.8, 4) is 6.07 Å². The number of unbranched alkanes of at least 4 members (excludes halogenated alkanes) is 4. The Morgan fingerprint density at radius 3 is 2.38 bits per heavy atom. The maximum absolute atomic E-state index is 10.8. The van der Waals surface area contributed by atoms with Crippen LogP contribution in [0.4, 0.5) is 0 Å². The lowest BCUT2D eigenvalue weighted by Gasteiger charge is -2.20. The highest BCUT2D eigenvalue weighted by atomic mass is 32.2. The first-order valence-electron chi connectivity index (χ1n) is 7.93. The number of hydrogen-bond acceptors (Lipinski definition) is 5. The molecular formula is C16H29NO3S. The second-order valence-corrected chi connectivity index (χ2v) is 6.14. The summed E-state index contributed by atoms with van der Waals surface area (Å²) in [6.07, 6.45) is 7.46. The van der Waals surface area contributed by atoms with Crippen LogP contribution in [0.1, 0.15) is 58.8 Å². The number of carbonyl (C=O) groups excluding carboxylic acids is 1. The molecule has 0 aliphatic heterocycles. The number of hydrogen-bond donors (Lipinski definition) is 0. The first kappa shape index (κ1) is 20.4. The van der Waals surface area contributed by atoms with Crippen molar-refractivity contribution in [1.82, 2.24) is 0 Å². The highest BCUT2D eigenvalue weighted by Gasteiger charge is 2.14. The number of nitrogens with zero attached hydrogens (tertiary/aromatic N) is 1. The molecule has 0 aromatic heterocycles. The van der Waals surface area contributed by atoms with Crippen molar-refractivity contribution in [3.63, 3.8) is 0 Å². The minimum Gasteiger partial charge on any atom is -0.352 e. The van der Waals surface area contributed by atoms with Crippen molar-refractivity contribution in [1.29, 1.82) is 5.26 Å². The number of rotatable bonds is 15. The highest BCUT2D eigenvalue weighted by Crippen LogP contribution is 2.22. The summed E-state index contributed by atoms with van der Waals surface area (Å²) in [5.74, 6) is 0.772. The van der Waals surface area contributed by atoms with Crippen LogP contribution in [0.15, 0.2) is 0 Å². The maximum atomic E-state index is 10.8. The minimum absolute atomic E-state index is 0.171. The van der Waals surface area contributed by atoms with E-state index in [1.807, 2.05) is 13.8 Å². The largest absolute Gasteiger partial charge is 0.352 e. The first-order valence-corrected chi connectivity index (χ1v) is 8.98. The summed E-state index contributed by atoms with van der Waals surface area (Å²) in [6, 6.07) is 2.17. The van der Waals surface area contributed by atoms with Gasteiger partial charge in [0.25, 0.3) is 0 Å². The topological polar surface area (TPSA) is 59.3 Å². The summed E-state index contributed by atoms with van der Waals surface area (Å²) in [7, 11) is 0. The van der Waals surface area contributed by atoms with E-state index in [-0.39, 0.29) is 6.29 Å². The molecule has 5 heteroatoms. The van der Waals surface area contributed by atoms with Gasteiger partial charge in [-0.05, 0) is 26.7 Å². The molecule has 21 heavy (non-hydrogen) atoms. The smallest absolute Gasteiger partial charge is 0.166 e. The van der Waals surface area contributed by atoms with Gasteiger partial charge in [0.1, 0.15) is 6.29 Å². The van der Waals surface area contributed by atoms with E-state index in [1.54, 1.807) is 11.8 Å². The molecule has 0 aromatic carbocycles. The van der Waals surface area contributed by atoms with E-state index in [1.165, 1.54) is 0 Å². The van der Waals surface area contributed by atoms with Crippen LogP contribution < -0.4 is 0 Å². The number of thioether (sulfide) groups is 1. The lowest BCUT2D eigenvalue weighted by Crippen LogP contribution is -2.22. The summed E-state index contributed by atoms with van der Waals surface area (Å²) in [4.78, 5) is 10.8. The Bertz CT molecular complexity index is 275. The van der Waals surface area contributed by atoms with Gasteiger partial charge in [-0.1, -0.05) is 19.3 Å². The van der Waals surface area contributed by atoms with Gasteiger partial charge in [-0.3, -0.25) is 0 Å². The average molecular weight is 315 g/mol. The molecule has 0 amide bonds. The van der Waals surface area contributed by atoms with Gasteiger partial charge in [-0.15, -0.1) is 0 Å². The Morgan fingerprint density at radius 1 is 1.14 bits per heavy atom. The van der Waals surface area contributed by atoms with Gasteiger partial charge in [0.2, 0.25) is 0 Å². The molecule has 4 nitrogen and oxygen atoms in total. The van der Waals surface area contributed by atoms with E-state index in [0.29, 0.717) is 31.3 Å². The molecular weight excluding hydrogens is 286 g/mol. The molecule has 0 aliphatic carbocycles. The van der Waals surface area contributed by atoms with Crippen LogP contribution in [-0.2, 0) is 14.3 Å². The summed E-state index contributed by atoms with van der Waals surface area (Å²) >= 11 is 1.77. The van der Waals surface area contributed by atoms with Gasteiger partial charge >= 0.3 is 0 Å². The van der Waals surface area contributed by atoms with E-state index in [9.17, 15) is 4.79 Å². The molecule has 1 unspecified atom stereocenters. The molecule has 0 aliphatic rings. The van der Waals surface area contributed by atoms with E-state index in [0.717, 1.165) is 44.1 Å². The third kappa shape index (κ3) is 12.9. The SMILES string of the molecule is CCOC(CSC(CC=O)CCCCCCC#N)OCC. The van der Waals surface area contributed by atoms with Crippen molar-refractivity contribution < 1.29 is 14.3 Å². The van der Waals surface area contributed by atoms with Crippen LogP contribution in [0.3, 0.4) is 0 Å².